The second-order valence-corrected chi connectivity index (χ2v) is 7.37. The Morgan fingerprint density at radius 2 is 1.79 bits per heavy atom. The molecule has 4 aromatic rings. The average Bonchev–Trinajstić information content (AvgIpc) is 2.81. The number of fused-ring (bicyclic) bond motifs is 1. The average molecular weight is 469 g/mol. The second kappa shape index (κ2) is 9.75. The van der Waals surface area contributed by atoms with Crippen molar-refractivity contribution in [3.8, 4) is 17.2 Å². The van der Waals surface area contributed by atoms with Crippen LogP contribution >= 0.6 is 11.6 Å². The number of ether oxygens (including phenoxy) is 3. The summed E-state index contributed by atoms with van der Waals surface area (Å²) >= 11 is 6.02. The van der Waals surface area contributed by atoms with Gasteiger partial charge in [0, 0.05) is 11.6 Å². The summed E-state index contributed by atoms with van der Waals surface area (Å²) in [4.78, 5) is 24.5. The molecular weight excluding hydrogens is 451 g/mol. The molecule has 0 spiro atoms. The van der Waals surface area contributed by atoms with Gasteiger partial charge in [-0.25, -0.2) is 9.18 Å². The van der Waals surface area contributed by atoms with Crippen LogP contribution in [0.15, 0.2) is 76.1 Å². The highest BCUT2D eigenvalue weighted by Crippen LogP contribution is 2.26. The molecule has 0 saturated heterocycles. The van der Waals surface area contributed by atoms with Gasteiger partial charge in [0.25, 0.3) is 0 Å². The van der Waals surface area contributed by atoms with E-state index in [2.05, 4.69) is 0 Å². The highest BCUT2D eigenvalue weighted by atomic mass is 35.5. The fraction of sp³-hybridized carbons (Fsp3) is 0.120. The number of hydrogen-bond donors (Lipinski definition) is 0. The Bertz CT molecular complexity index is 1360. The third-order valence-corrected chi connectivity index (χ3v) is 5.07. The minimum absolute atomic E-state index is 0.00172. The maximum Gasteiger partial charge on any atom is 0.338 e. The van der Waals surface area contributed by atoms with Crippen LogP contribution in [-0.4, -0.2) is 12.6 Å². The smallest absolute Gasteiger partial charge is 0.338 e. The summed E-state index contributed by atoms with van der Waals surface area (Å²) in [6.07, 6.45) is 1.21. The molecule has 0 aliphatic heterocycles. The van der Waals surface area contributed by atoms with Crippen molar-refractivity contribution in [1.29, 1.82) is 0 Å². The van der Waals surface area contributed by atoms with Crippen LogP contribution in [0.4, 0.5) is 4.39 Å². The highest BCUT2D eigenvalue weighted by molar-refractivity contribution is 6.31. The normalized spacial score (nSPS) is 10.8. The van der Waals surface area contributed by atoms with Crippen molar-refractivity contribution in [1.82, 2.24) is 0 Å². The molecule has 0 bridgehead atoms. The van der Waals surface area contributed by atoms with E-state index in [-0.39, 0.29) is 29.4 Å². The van der Waals surface area contributed by atoms with Crippen molar-refractivity contribution in [2.24, 2.45) is 0 Å². The highest BCUT2D eigenvalue weighted by Gasteiger charge is 2.12. The molecule has 33 heavy (non-hydrogen) atoms. The van der Waals surface area contributed by atoms with Crippen molar-refractivity contribution < 1.29 is 27.8 Å². The molecule has 6 nitrogen and oxygen atoms in total. The van der Waals surface area contributed by atoms with Crippen LogP contribution in [0.2, 0.25) is 5.02 Å². The Morgan fingerprint density at radius 3 is 2.52 bits per heavy atom. The van der Waals surface area contributed by atoms with Gasteiger partial charge in [0.05, 0.1) is 22.6 Å². The van der Waals surface area contributed by atoms with Crippen LogP contribution < -0.4 is 14.9 Å². The molecule has 0 aliphatic rings. The van der Waals surface area contributed by atoms with E-state index in [0.717, 1.165) is 0 Å². The minimum Gasteiger partial charge on any atom is -0.489 e. The molecule has 0 unspecified atom stereocenters. The summed E-state index contributed by atoms with van der Waals surface area (Å²) in [5, 5.41) is 0.571. The summed E-state index contributed by atoms with van der Waals surface area (Å²) in [6, 6.07) is 15.0. The predicted octanol–water partition coefficient (Wildman–Crippen LogP) is 6.13. The standard InChI is InChI=1S/C25H18ClFO6/c1-2-30-25(29)15-4-7-18(8-5-15)33-23-14-32-22-12-19(9-10-20(22)24(23)28)31-13-16-3-6-17(27)11-21(16)26/h3-12,14H,2,13H2,1H3. The van der Waals surface area contributed by atoms with E-state index in [4.69, 9.17) is 30.2 Å². The number of carbonyl (C=O) groups excluding carboxylic acids is 1. The van der Waals surface area contributed by atoms with Gasteiger partial charge in [0.15, 0.2) is 0 Å². The van der Waals surface area contributed by atoms with Gasteiger partial charge in [-0.05, 0) is 55.5 Å². The zero-order valence-corrected chi connectivity index (χ0v) is 18.2. The number of benzene rings is 3. The largest absolute Gasteiger partial charge is 0.489 e. The lowest BCUT2D eigenvalue weighted by Gasteiger charge is -2.09. The molecule has 0 aliphatic carbocycles. The van der Waals surface area contributed by atoms with E-state index in [1.807, 2.05) is 0 Å². The first-order valence-electron chi connectivity index (χ1n) is 10.0. The fourth-order valence-electron chi connectivity index (χ4n) is 3.05. The van der Waals surface area contributed by atoms with Gasteiger partial charge in [0.2, 0.25) is 11.2 Å². The van der Waals surface area contributed by atoms with Crippen LogP contribution in [-0.2, 0) is 11.3 Å². The first-order valence-corrected chi connectivity index (χ1v) is 10.4. The van der Waals surface area contributed by atoms with Crippen molar-refractivity contribution in [3.05, 3.63) is 99.1 Å². The molecule has 0 amide bonds. The quantitative estimate of drug-likeness (QED) is 0.303. The van der Waals surface area contributed by atoms with Gasteiger partial charge in [-0.1, -0.05) is 17.7 Å². The molecule has 0 fully saturated rings. The Kier molecular flexibility index (Phi) is 6.60. The van der Waals surface area contributed by atoms with Crippen LogP contribution in [0.25, 0.3) is 11.0 Å². The topological polar surface area (TPSA) is 75.0 Å². The molecule has 1 heterocycles. The van der Waals surface area contributed by atoms with Gasteiger partial charge >= 0.3 is 5.97 Å². The van der Waals surface area contributed by atoms with Crippen molar-refractivity contribution in [3.63, 3.8) is 0 Å². The van der Waals surface area contributed by atoms with Crippen LogP contribution in [0.5, 0.6) is 17.2 Å². The molecular formula is C25H18ClFO6. The summed E-state index contributed by atoms with van der Waals surface area (Å²) in [5.41, 5.74) is 0.952. The molecule has 168 valence electrons. The molecule has 3 aromatic carbocycles. The first-order chi connectivity index (χ1) is 15.9. The predicted molar refractivity (Wildman–Crippen MR) is 121 cm³/mol. The van der Waals surface area contributed by atoms with E-state index < -0.39 is 11.8 Å². The summed E-state index contributed by atoms with van der Waals surface area (Å²) in [5.74, 6) is -0.0450. The van der Waals surface area contributed by atoms with Gasteiger partial charge in [-0.3, -0.25) is 4.79 Å². The van der Waals surface area contributed by atoms with Crippen LogP contribution in [0, 0.1) is 5.82 Å². The Labute approximate surface area is 193 Å². The lowest BCUT2D eigenvalue weighted by Crippen LogP contribution is -2.06. The molecule has 0 saturated carbocycles. The van der Waals surface area contributed by atoms with Crippen LogP contribution in [0.3, 0.4) is 0 Å². The SMILES string of the molecule is CCOC(=O)c1ccc(Oc2coc3cc(OCc4ccc(F)cc4Cl)ccc3c2=O)cc1. The lowest BCUT2D eigenvalue weighted by molar-refractivity contribution is 0.0526. The molecule has 4 rings (SSSR count). The Balaban J connectivity index is 1.49. The second-order valence-electron chi connectivity index (χ2n) is 6.96. The number of esters is 1. The van der Waals surface area contributed by atoms with E-state index in [1.165, 1.54) is 18.4 Å². The van der Waals surface area contributed by atoms with Gasteiger partial charge in [0.1, 0.15) is 35.8 Å². The van der Waals surface area contributed by atoms with Crippen molar-refractivity contribution >= 4 is 28.5 Å². The van der Waals surface area contributed by atoms with Gasteiger partial charge in [-0.15, -0.1) is 0 Å². The number of hydrogen-bond acceptors (Lipinski definition) is 6. The third-order valence-electron chi connectivity index (χ3n) is 4.72. The molecule has 0 N–H and O–H groups in total. The lowest BCUT2D eigenvalue weighted by atomic mass is 10.2. The van der Waals surface area contributed by atoms with Gasteiger partial charge in [-0.2, -0.15) is 0 Å². The van der Waals surface area contributed by atoms with Crippen molar-refractivity contribution in [2.75, 3.05) is 6.61 Å². The summed E-state index contributed by atoms with van der Waals surface area (Å²) in [7, 11) is 0. The third kappa shape index (κ3) is 5.15. The summed E-state index contributed by atoms with van der Waals surface area (Å²) < 4.78 is 35.0. The van der Waals surface area contributed by atoms with Crippen LogP contribution in [0.1, 0.15) is 22.8 Å². The molecule has 1 aromatic heterocycles. The zero-order valence-electron chi connectivity index (χ0n) is 17.5. The van der Waals surface area contributed by atoms with E-state index in [0.29, 0.717) is 33.6 Å². The molecule has 0 atom stereocenters. The summed E-state index contributed by atoms with van der Waals surface area (Å²) in [6.45, 7) is 2.13. The maximum atomic E-state index is 13.2. The van der Waals surface area contributed by atoms with E-state index in [1.54, 1.807) is 55.5 Å². The van der Waals surface area contributed by atoms with E-state index >= 15 is 0 Å². The number of rotatable bonds is 7. The number of carbonyl (C=O) groups is 1. The maximum absolute atomic E-state index is 13.2. The number of halogens is 2. The van der Waals surface area contributed by atoms with Gasteiger partial charge < -0.3 is 18.6 Å². The fourth-order valence-corrected chi connectivity index (χ4v) is 3.27. The van der Waals surface area contributed by atoms with E-state index in [9.17, 15) is 14.0 Å². The van der Waals surface area contributed by atoms with Crippen molar-refractivity contribution in [2.45, 2.75) is 13.5 Å². The zero-order chi connectivity index (χ0) is 23.4. The first kappa shape index (κ1) is 22.4. The molecule has 8 heteroatoms. The molecule has 0 radical (unpaired) electrons. The minimum atomic E-state index is -0.436. The Hall–Kier alpha value is -3.84. The monoisotopic (exact) mass is 468 g/mol. The Morgan fingerprint density at radius 1 is 1.03 bits per heavy atom.